The standard InChI is InChI=1S/C10H22N2O5S/c1-7(2)17-8(13)11-18(15,16)12-9(3,4)10(5,6)14/h7,12,14H,1-6H3,(H,11,13). The molecule has 0 rings (SSSR count). The normalized spacial score (nSPS) is 13.6. The van der Waals surface area contributed by atoms with E-state index in [0.717, 1.165) is 0 Å². The fourth-order valence-electron chi connectivity index (χ4n) is 0.834. The maximum Gasteiger partial charge on any atom is 0.422 e. The number of carbonyl (C=O) groups is 1. The number of nitrogens with one attached hydrogen (secondary N) is 2. The molecule has 8 heteroatoms. The van der Waals surface area contributed by atoms with E-state index in [1.807, 2.05) is 0 Å². The zero-order valence-electron chi connectivity index (χ0n) is 11.6. The van der Waals surface area contributed by atoms with Crippen molar-refractivity contribution in [1.82, 2.24) is 9.44 Å². The van der Waals surface area contributed by atoms with E-state index < -0.39 is 33.5 Å². The minimum Gasteiger partial charge on any atom is -0.446 e. The van der Waals surface area contributed by atoms with Crippen LogP contribution in [0, 0.1) is 0 Å². The molecule has 0 saturated heterocycles. The average Bonchev–Trinajstić information content (AvgIpc) is 1.94. The van der Waals surface area contributed by atoms with Gasteiger partial charge in [-0.1, -0.05) is 0 Å². The lowest BCUT2D eigenvalue weighted by Gasteiger charge is -2.37. The minimum atomic E-state index is -4.10. The van der Waals surface area contributed by atoms with Crippen molar-refractivity contribution in [1.29, 1.82) is 0 Å². The number of ether oxygens (including phenoxy) is 1. The number of hydrogen-bond acceptors (Lipinski definition) is 5. The molecular weight excluding hydrogens is 260 g/mol. The van der Waals surface area contributed by atoms with E-state index in [2.05, 4.69) is 9.46 Å². The lowest BCUT2D eigenvalue weighted by molar-refractivity contribution is 0.00617. The van der Waals surface area contributed by atoms with Crippen LogP contribution in [-0.4, -0.2) is 36.9 Å². The van der Waals surface area contributed by atoms with Crippen LogP contribution >= 0.6 is 0 Å². The highest BCUT2D eigenvalue weighted by Crippen LogP contribution is 2.21. The zero-order chi connectivity index (χ0) is 14.8. The summed E-state index contributed by atoms with van der Waals surface area (Å²) in [5, 5.41) is 9.82. The molecule has 0 aliphatic rings. The van der Waals surface area contributed by atoms with Crippen LogP contribution in [0.2, 0.25) is 0 Å². The summed E-state index contributed by atoms with van der Waals surface area (Å²) in [5.74, 6) is 0. The Balaban J connectivity index is 4.74. The van der Waals surface area contributed by atoms with Crippen molar-refractivity contribution in [2.45, 2.75) is 58.8 Å². The van der Waals surface area contributed by atoms with Gasteiger partial charge in [-0.05, 0) is 41.5 Å². The fraction of sp³-hybridized carbons (Fsp3) is 0.900. The van der Waals surface area contributed by atoms with E-state index in [1.54, 1.807) is 18.6 Å². The second-order valence-electron chi connectivity index (χ2n) is 5.35. The van der Waals surface area contributed by atoms with Gasteiger partial charge in [0, 0.05) is 0 Å². The first-order chi connectivity index (χ1) is 7.77. The molecule has 0 spiro atoms. The van der Waals surface area contributed by atoms with Crippen LogP contribution in [0.5, 0.6) is 0 Å². The minimum absolute atomic E-state index is 0.428. The molecular formula is C10H22N2O5S. The van der Waals surface area contributed by atoms with E-state index >= 15 is 0 Å². The molecule has 0 atom stereocenters. The Morgan fingerprint density at radius 1 is 1.22 bits per heavy atom. The van der Waals surface area contributed by atoms with Crippen molar-refractivity contribution in [3.8, 4) is 0 Å². The zero-order valence-corrected chi connectivity index (χ0v) is 12.4. The summed E-state index contributed by atoms with van der Waals surface area (Å²) >= 11 is 0. The molecule has 7 nitrogen and oxygen atoms in total. The number of amides is 1. The summed E-state index contributed by atoms with van der Waals surface area (Å²) < 4.78 is 31.8. The van der Waals surface area contributed by atoms with E-state index in [9.17, 15) is 18.3 Å². The quantitative estimate of drug-likeness (QED) is 0.681. The van der Waals surface area contributed by atoms with Crippen LogP contribution < -0.4 is 9.44 Å². The van der Waals surface area contributed by atoms with Gasteiger partial charge in [0.15, 0.2) is 0 Å². The molecule has 108 valence electrons. The van der Waals surface area contributed by atoms with Gasteiger partial charge in [-0.25, -0.2) is 9.52 Å². The SMILES string of the molecule is CC(C)OC(=O)NS(=O)(=O)NC(C)(C)C(C)(C)O. The van der Waals surface area contributed by atoms with Gasteiger partial charge in [-0.15, -0.1) is 0 Å². The van der Waals surface area contributed by atoms with E-state index in [-0.39, 0.29) is 0 Å². The molecule has 0 fully saturated rings. The Labute approximate surface area is 108 Å². The smallest absolute Gasteiger partial charge is 0.422 e. The fourth-order valence-corrected chi connectivity index (χ4v) is 2.07. The Morgan fingerprint density at radius 2 is 1.67 bits per heavy atom. The van der Waals surface area contributed by atoms with Gasteiger partial charge >= 0.3 is 16.3 Å². The van der Waals surface area contributed by atoms with E-state index in [0.29, 0.717) is 0 Å². The van der Waals surface area contributed by atoms with Gasteiger partial charge in [-0.3, -0.25) is 0 Å². The Kier molecular flexibility index (Phi) is 5.16. The van der Waals surface area contributed by atoms with E-state index in [1.165, 1.54) is 27.7 Å². The van der Waals surface area contributed by atoms with Gasteiger partial charge in [0.05, 0.1) is 17.2 Å². The van der Waals surface area contributed by atoms with Crippen LogP contribution in [0.15, 0.2) is 0 Å². The van der Waals surface area contributed by atoms with Crippen molar-refractivity contribution in [3.63, 3.8) is 0 Å². The Hall–Kier alpha value is -0.860. The van der Waals surface area contributed by atoms with Crippen molar-refractivity contribution in [2.24, 2.45) is 0 Å². The van der Waals surface area contributed by atoms with Gasteiger partial charge in [0.2, 0.25) is 0 Å². The van der Waals surface area contributed by atoms with Crippen LogP contribution in [-0.2, 0) is 14.9 Å². The third kappa shape index (κ3) is 5.65. The summed E-state index contributed by atoms with van der Waals surface area (Å²) in [5.41, 5.74) is -2.46. The maximum absolute atomic E-state index is 11.7. The Bertz CT molecular complexity index is 395. The predicted molar refractivity (Wildman–Crippen MR) is 67.2 cm³/mol. The highest BCUT2D eigenvalue weighted by molar-refractivity contribution is 7.88. The van der Waals surface area contributed by atoms with Crippen molar-refractivity contribution >= 4 is 16.3 Å². The molecule has 0 aromatic rings. The molecule has 1 amide bonds. The van der Waals surface area contributed by atoms with Gasteiger partial charge in [0.1, 0.15) is 0 Å². The highest BCUT2D eigenvalue weighted by atomic mass is 32.2. The molecule has 0 saturated carbocycles. The first-order valence-corrected chi connectivity index (χ1v) is 7.00. The van der Waals surface area contributed by atoms with Crippen LogP contribution in [0.4, 0.5) is 4.79 Å². The predicted octanol–water partition coefficient (Wildman–Crippen LogP) is 0.505. The highest BCUT2D eigenvalue weighted by Gasteiger charge is 2.39. The monoisotopic (exact) mass is 282 g/mol. The average molecular weight is 282 g/mol. The summed E-state index contributed by atoms with van der Waals surface area (Å²) in [6.45, 7) is 9.12. The summed E-state index contributed by atoms with van der Waals surface area (Å²) in [6.07, 6.45) is -1.49. The summed E-state index contributed by atoms with van der Waals surface area (Å²) in [6, 6.07) is 0. The molecule has 0 radical (unpaired) electrons. The second kappa shape index (κ2) is 5.41. The third-order valence-electron chi connectivity index (χ3n) is 2.48. The number of hydrogen-bond donors (Lipinski definition) is 3. The molecule has 0 aromatic heterocycles. The molecule has 18 heavy (non-hydrogen) atoms. The van der Waals surface area contributed by atoms with Gasteiger partial charge in [-0.2, -0.15) is 13.1 Å². The van der Waals surface area contributed by atoms with Crippen LogP contribution in [0.25, 0.3) is 0 Å². The van der Waals surface area contributed by atoms with E-state index in [4.69, 9.17) is 0 Å². The largest absolute Gasteiger partial charge is 0.446 e. The van der Waals surface area contributed by atoms with Crippen LogP contribution in [0.1, 0.15) is 41.5 Å². The van der Waals surface area contributed by atoms with Gasteiger partial charge < -0.3 is 9.84 Å². The molecule has 0 bridgehead atoms. The van der Waals surface area contributed by atoms with Crippen molar-refractivity contribution in [3.05, 3.63) is 0 Å². The summed E-state index contributed by atoms with van der Waals surface area (Å²) in [4.78, 5) is 11.2. The number of aliphatic hydroxyl groups is 1. The van der Waals surface area contributed by atoms with Gasteiger partial charge in [0.25, 0.3) is 0 Å². The topological polar surface area (TPSA) is 105 Å². The molecule has 0 heterocycles. The second-order valence-corrected chi connectivity index (χ2v) is 6.76. The first-order valence-electron chi connectivity index (χ1n) is 5.51. The molecule has 0 aliphatic carbocycles. The van der Waals surface area contributed by atoms with Crippen molar-refractivity contribution < 1.29 is 23.1 Å². The van der Waals surface area contributed by atoms with Crippen LogP contribution in [0.3, 0.4) is 0 Å². The first kappa shape index (κ1) is 17.1. The Morgan fingerprint density at radius 3 is 2.00 bits per heavy atom. The lowest BCUT2D eigenvalue weighted by Crippen LogP contribution is -2.60. The molecule has 3 N–H and O–H groups in total. The summed E-state index contributed by atoms with van der Waals surface area (Å²) in [7, 11) is -4.10. The molecule has 0 aromatic carbocycles. The number of rotatable bonds is 5. The maximum atomic E-state index is 11.7. The van der Waals surface area contributed by atoms with Crippen molar-refractivity contribution in [2.75, 3.05) is 0 Å². The third-order valence-corrected chi connectivity index (χ3v) is 3.69. The molecule has 0 unspecified atom stereocenters. The molecule has 0 aliphatic heterocycles. The number of carbonyl (C=O) groups excluding carboxylic acids is 1. The lowest BCUT2D eigenvalue weighted by atomic mass is 9.87.